The first-order valence-electron chi connectivity index (χ1n) is 4.04. The summed E-state index contributed by atoms with van der Waals surface area (Å²) < 4.78 is 0. The Labute approximate surface area is 90.4 Å². The van der Waals surface area contributed by atoms with Crippen LogP contribution < -0.4 is 11.5 Å². The molecule has 7 heteroatoms. The molecule has 2 heterocycles. The lowest BCUT2D eigenvalue weighted by Gasteiger charge is -2.01. The van der Waals surface area contributed by atoms with Crippen molar-refractivity contribution >= 4 is 23.5 Å². The lowest BCUT2D eigenvalue weighted by atomic mass is 10.3. The van der Waals surface area contributed by atoms with Gasteiger partial charge in [0.05, 0.1) is 0 Å². The predicted octanol–water partition coefficient (Wildman–Crippen LogP) is 0.751. The van der Waals surface area contributed by atoms with E-state index in [0.717, 1.165) is 0 Å². The quantitative estimate of drug-likeness (QED) is 0.690. The van der Waals surface area contributed by atoms with E-state index in [1.54, 1.807) is 12.1 Å². The van der Waals surface area contributed by atoms with E-state index in [1.165, 1.54) is 6.20 Å². The summed E-state index contributed by atoms with van der Waals surface area (Å²) in [5.41, 5.74) is 11.6. The largest absolute Gasteiger partial charge is 0.368 e. The summed E-state index contributed by atoms with van der Waals surface area (Å²) in [6.45, 7) is 0. The van der Waals surface area contributed by atoms with Gasteiger partial charge in [0.2, 0.25) is 11.9 Å². The molecule has 15 heavy (non-hydrogen) atoms. The molecule has 6 nitrogen and oxygen atoms in total. The lowest BCUT2D eigenvalue weighted by Crippen LogP contribution is -2.04. The molecular formula is C8H7ClN6. The lowest BCUT2D eigenvalue weighted by molar-refractivity contribution is 1.08. The number of pyridine rings is 1. The average Bonchev–Trinajstić information content (AvgIpc) is 2.17. The predicted molar refractivity (Wildman–Crippen MR) is 56.9 cm³/mol. The second-order valence-corrected chi connectivity index (χ2v) is 3.13. The zero-order valence-corrected chi connectivity index (χ0v) is 8.31. The number of aromatic nitrogens is 4. The average molecular weight is 223 g/mol. The molecule has 0 aliphatic rings. The van der Waals surface area contributed by atoms with Crippen LogP contribution in [0.1, 0.15) is 0 Å². The molecule has 0 saturated heterocycles. The van der Waals surface area contributed by atoms with Gasteiger partial charge in [-0.25, -0.2) is 4.98 Å². The highest BCUT2D eigenvalue weighted by Gasteiger charge is 2.04. The smallest absolute Gasteiger partial charge is 0.225 e. The number of nitrogens with zero attached hydrogens (tertiary/aromatic N) is 4. The first kappa shape index (κ1) is 9.60. The fourth-order valence-corrected chi connectivity index (χ4v) is 1.16. The fourth-order valence-electron chi connectivity index (χ4n) is 1.05. The van der Waals surface area contributed by atoms with Crippen LogP contribution in [0, 0.1) is 0 Å². The molecule has 0 radical (unpaired) electrons. The molecule has 0 fully saturated rings. The highest BCUT2D eigenvalue weighted by atomic mass is 35.5. The summed E-state index contributed by atoms with van der Waals surface area (Å²) >= 11 is 5.65. The van der Waals surface area contributed by atoms with Gasteiger partial charge in [-0.1, -0.05) is 11.6 Å². The second kappa shape index (κ2) is 3.66. The Kier molecular flexibility index (Phi) is 2.34. The number of nitrogens with two attached hydrogens (primary N) is 2. The monoisotopic (exact) mass is 222 g/mol. The maximum atomic E-state index is 5.65. The van der Waals surface area contributed by atoms with E-state index in [1.807, 2.05) is 0 Å². The number of hydrogen-bond donors (Lipinski definition) is 2. The van der Waals surface area contributed by atoms with Crippen LogP contribution in [0.5, 0.6) is 0 Å². The molecule has 2 aromatic heterocycles. The Morgan fingerprint density at radius 2 is 1.67 bits per heavy atom. The van der Waals surface area contributed by atoms with Gasteiger partial charge < -0.3 is 11.5 Å². The topological polar surface area (TPSA) is 104 Å². The summed E-state index contributed by atoms with van der Waals surface area (Å²) in [5, 5.41) is 0.397. The van der Waals surface area contributed by atoms with Crippen molar-refractivity contribution in [3.05, 3.63) is 23.5 Å². The molecule has 2 rings (SSSR count). The maximum Gasteiger partial charge on any atom is 0.225 e. The van der Waals surface area contributed by atoms with Crippen molar-refractivity contribution in [2.24, 2.45) is 0 Å². The summed E-state index contributed by atoms with van der Waals surface area (Å²) in [4.78, 5) is 15.4. The van der Waals surface area contributed by atoms with Crippen LogP contribution in [-0.2, 0) is 0 Å². The van der Waals surface area contributed by atoms with Gasteiger partial charge in [-0.05, 0) is 12.1 Å². The van der Waals surface area contributed by atoms with E-state index in [2.05, 4.69) is 19.9 Å². The first-order chi connectivity index (χ1) is 7.15. The van der Waals surface area contributed by atoms with Crippen molar-refractivity contribution in [1.82, 2.24) is 19.9 Å². The molecule has 2 aromatic rings. The fraction of sp³-hybridized carbons (Fsp3) is 0. The van der Waals surface area contributed by atoms with Crippen LogP contribution in [0.2, 0.25) is 5.15 Å². The normalized spacial score (nSPS) is 10.2. The third-order valence-corrected chi connectivity index (χ3v) is 1.88. The number of halogens is 1. The SMILES string of the molecule is Nc1nc(N)nc(-c2ccc(Cl)nc2)n1. The number of hydrogen-bond acceptors (Lipinski definition) is 6. The van der Waals surface area contributed by atoms with Crippen LogP contribution in [0.4, 0.5) is 11.9 Å². The minimum atomic E-state index is 0.0763. The molecule has 0 saturated carbocycles. The molecule has 0 aliphatic heterocycles. The molecule has 0 aromatic carbocycles. The van der Waals surface area contributed by atoms with E-state index in [9.17, 15) is 0 Å². The molecule has 0 unspecified atom stereocenters. The van der Waals surface area contributed by atoms with Crippen LogP contribution in [0.25, 0.3) is 11.4 Å². The summed E-state index contributed by atoms with van der Waals surface area (Å²) in [7, 11) is 0. The van der Waals surface area contributed by atoms with Crippen molar-refractivity contribution in [3.63, 3.8) is 0 Å². The maximum absolute atomic E-state index is 5.65. The zero-order chi connectivity index (χ0) is 10.8. The minimum Gasteiger partial charge on any atom is -0.368 e. The molecular weight excluding hydrogens is 216 g/mol. The Morgan fingerprint density at radius 3 is 2.20 bits per heavy atom. The standard InChI is InChI=1S/C8H7ClN6/c9-5-2-1-4(3-12-5)6-13-7(10)15-8(11)14-6/h1-3H,(H4,10,11,13,14,15). The molecule has 4 N–H and O–H groups in total. The van der Waals surface area contributed by atoms with Crippen LogP contribution in [0.3, 0.4) is 0 Å². The number of anilines is 2. The van der Waals surface area contributed by atoms with Crippen molar-refractivity contribution in [2.75, 3.05) is 11.5 Å². The first-order valence-corrected chi connectivity index (χ1v) is 4.42. The minimum absolute atomic E-state index is 0.0763. The van der Waals surface area contributed by atoms with Crippen LogP contribution >= 0.6 is 11.6 Å². The molecule has 76 valence electrons. The van der Waals surface area contributed by atoms with Gasteiger partial charge in [-0.15, -0.1) is 0 Å². The van der Waals surface area contributed by atoms with E-state index >= 15 is 0 Å². The van der Waals surface area contributed by atoms with Crippen LogP contribution in [-0.4, -0.2) is 19.9 Å². The molecule has 0 bridgehead atoms. The Bertz CT molecular complexity index is 463. The van der Waals surface area contributed by atoms with Crippen molar-refractivity contribution in [3.8, 4) is 11.4 Å². The number of rotatable bonds is 1. The van der Waals surface area contributed by atoms with Gasteiger partial charge >= 0.3 is 0 Å². The van der Waals surface area contributed by atoms with Crippen molar-refractivity contribution < 1.29 is 0 Å². The summed E-state index contributed by atoms with van der Waals surface area (Å²) in [5.74, 6) is 0.532. The molecule has 0 amide bonds. The Hall–Kier alpha value is -1.95. The van der Waals surface area contributed by atoms with Crippen molar-refractivity contribution in [2.45, 2.75) is 0 Å². The zero-order valence-electron chi connectivity index (χ0n) is 7.55. The Morgan fingerprint density at radius 1 is 1.00 bits per heavy atom. The highest BCUT2D eigenvalue weighted by Crippen LogP contribution is 2.16. The Balaban J connectivity index is 2.49. The third-order valence-electron chi connectivity index (χ3n) is 1.66. The van der Waals surface area contributed by atoms with Gasteiger partial charge in [0.1, 0.15) is 5.15 Å². The number of nitrogen functional groups attached to an aromatic ring is 2. The van der Waals surface area contributed by atoms with E-state index in [0.29, 0.717) is 16.5 Å². The van der Waals surface area contributed by atoms with E-state index in [4.69, 9.17) is 23.1 Å². The van der Waals surface area contributed by atoms with Gasteiger partial charge in [0, 0.05) is 11.8 Å². The molecule has 0 atom stereocenters. The van der Waals surface area contributed by atoms with E-state index < -0.39 is 0 Å². The summed E-state index contributed by atoms with van der Waals surface area (Å²) in [6.07, 6.45) is 1.54. The highest BCUT2D eigenvalue weighted by molar-refractivity contribution is 6.29. The van der Waals surface area contributed by atoms with Crippen molar-refractivity contribution in [1.29, 1.82) is 0 Å². The molecule has 0 spiro atoms. The van der Waals surface area contributed by atoms with Gasteiger partial charge in [0.25, 0.3) is 0 Å². The van der Waals surface area contributed by atoms with Gasteiger partial charge in [-0.3, -0.25) is 0 Å². The molecule has 0 aliphatic carbocycles. The third kappa shape index (κ3) is 2.10. The van der Waals surface area contributed by atoms with Gasteiger partial charge in [0.15, 0.2) is 5.82 Å². The van der Waals surface area contributed by atoms with E-state index in [-0.39, 0.29) is 11.9 Å². The summed E-state index contributed by atoms with van der Waals surface area (Å²) in [6, 6.07) is 3.36. The van der Waals surface area contributed by atoms with Crippen LogP contribution in [0.15, 0.2) is 18.3 Å². The second-order valence-electron chi connectivity index (χ2n) is 2.75. The van der Waals surface area contributed by atoms with Gasteiger partial charge in [-0.2, -0.15) is 15.0 Å².